The van der Waals surface area contributed by atoms with Crippen LogP contribution in [0.4, 0.5) is 0 Å². The van der Waals surface area contributed by atoms with Crippen LogP contribution in [0.2, 0.25) is 0 Å². The molecule has 0 atom stereocenters. The summed E-state index contributed by atoms with van der Waals surface area (Å²) >= 11 is 0. The minimum absolute atomic E-state index is 0. The number of aliphatic imine (C=N–C) groups is 1. The molecule has 22 heavy (non-hydrogen) atoms. The monoisotopic (exact) mass is 417 g/mol. The molecular formula is C16H28IN5. The number of hydrogen-bond donors (Lipinski definition) is 1. The number of rotatable bonds is 2. The first-order valence-electron chi connectivity index (χ1n) is 8.14. The summed E-state index contributed by atoms with van der Waals surface area (Å²) in [6.45, 7) is 3.12. The van der Waals surface area contributed by atoms with Gasteiger partial charge in [0.25, 0.3) is 0 Å². The van der Waals surface area contributed by atoms with Gasteiger partial charge in [-0.25, -0.2) is 0 Å². The Bertz CT molecular complexity index is 504. The Kier molecular flexibility index (Phi) is 6.11. The van der Waals surface area contributed by atoms with E-state index in [0.29, 0.717) is 5.41 Å². The SMILES string of the molecule is CN=C(NCc1cnn(C)c1)N1CCC2(CCCCC2)C1.I. The summed E-state index contributed by atoms with van der Waals surface area (Å²) in [5, 5.41) is 7.69. The second-order valence-electron chi connectivity index (χ2n) is 6.66. The number of hydrogen-bond acceptors (Lipinski definition) is 2. The van der Waals surface area contributed by atoms with Crippen LogP contribution in [0.5, 0.6) is 0 Å². The summed E-state index contributed by atoms with van der Waals surface area (Å²) in [6, 6.07) is 0. The van der Waals surface area contributed by atoms with Crippen molar-refractivity contribution >= 4 is 29.9 Å². The number of nitrogens with zero attached hydrogens (tertiary/aromatic N) is 4. The maximum atomic E-state index is 4.47. The first kappa shape index (κ1) is 17.6. The fourth-order valence-corrected chi connectivity index (χ4v) is 3.90. The molecule has 6 heteroatoms. The number of halogens is 1. The molecule has 0 aromatic carbocycles. The molecule has 1 saturated carbocycles. The van der Waals surface area contributed by atoms with Gasteiger partial charge in [-0.15, -0.1) is 24.0 Å². The lowest BCUT2D eigenvalue weighted by Crippen LogP contribution is -2.41. The van der Waals surface area contributed by atoms with Crippen LogP contribution in [0.25, 0.3) is 0 Å². The molecule has 0 radical (unpaired) electrons. The summed E-state index contributed by atoms with van der Waals surface area (Å²) in [6.07, 6.45) is 12.4. The van der Waals surface area contributed by atoms with Crippen molar-refractivity contribution in [2.45, 2.75) is 45.1 Å². The quantitative estimate of drug-likeness (QED) is 0.457. The highest BCUT2D eigenvalue weighted by Gasteiger charge is 2.39. The highest BCUT2D eigenvalue weighted by Crippen LogP contribution is 2.43. The summed E-state index contributed by atoms with van der Waals surface area (Å²) in [5.41, 5.74) is 1.77. The molecule has 2 fully saturated rings. The van der Waals surface area contributed by atoms with Crippen molar-refractivity contribution in [1.29, 1.82) is 0 Å². The normalized spacial score (nSPS) is 21.0. The molecule has 1 saturated heterocycles. The molecule has 0 amide bonds. The van der Waals surface area contributed by atoms with E-state index in [-0.39, 0.29) is 24.0 Å². The van der Waals surface area contributed by atoms with Crippen LogP contribution in [-0.4, -0.2) is 40.8 Å². The Hall–Kier alpha value is -0.790. The molecule has 1 aliphatic carbocycles. The number of aromatic nitrogens is 2. The van der Waals surface area contributed by atoms with Gasteiger partial charge in [-0.3, -0.25) is 9.67 Å². The molecule has 124 valence electrons. The Morgan fingerprint density at radius 3 is 2.73 bits per heavy atom. The number of nitrogens with one attached hydrogen (secondary N) is 1. The van der Waals surface area contributed by atoms with Crippen molar-refractivity contribution in [3.63, 3.8) is 0 Å². The lowest BCUT2D eigenvalue weighted by molar-refractivity contribution is 0.203. The Morgan fingerprint density at radius 2 is 2.09 bits per heavy atom. The Morgan fingerprint density at radius 1 is 1.32 bits per heavy atom. The van der Waals surface area contributed by atoms with E-state index in [0.717, 1.165) is 19.0 Å². The van der Waals surface area contributed by atoms with Gasteiger partial charge in [0.1, 0.15) is 0 Å². The second-order valence-corrected chi connectivity index (χ2v) is 6.66. The molecule has 2 heterocycles. The van der Waals surface area contributed by atoms with Crippen LogP contribution in [-0.2, 0) is 13.6 Å². The molecule has 5 nitrogen and oxygen atoms in total. The minimum Gasteiger partial charge on any atom is -0.352 e. The van der Waals surface area contributed by atoms with Gasteiger partial charge in [-0.2, -0.15) is 5.10 Å². The maximum Gasteiger partial charge on any atom is 0.193 e. The molecule has 1 aromatic rings. The third-order valence-electron chi connectivity index (χ3n) is 5.07. The first-order valence-corrected chi connectivity index (χ1v) is 8.14. The van der Waals surface area contributed by atoms with E-state index in [9.17, 15) is 0 Å². The van der Waals surface area contributed by atoms with Crippen LogP contribution in [0.3, 0.4) is 0 Å². The molecule has 1 N–H and O–H groups in total. The van der Waals surface area contributed by atoms with E-state index in [4.69, 9.17) is 0 Å². The van der Waals surface area contributed by atoms with Crippen molar-refractivity contribution in [2.24, 2.45) is 17.5 Å². The van der Waals surface area contributed by atoms with E-state index in [1.54, 1.807) is 0 Å². The van der Waals surface area contributed by atoms with Crippen molar-refractivity contribution in [1.82, 2.24) is 20.0 Å². The topological polar surface area (TPSA) is 45.5 Å². The maximum absolute atomic E-state index is 4.47. The highest BCUT2D eigenvalue weighted by atomic mass is 127. The van der Waals surface area contributed by atoms with E-state index < -0.39 is 0 Å². The van der Waals surface area contributed by atoms with Crippen LogP contribution < -0.4 is 5.32 Å². The predicted octanol–water partition coefficient (Wildman–Crippen LogP) is 2.77. The number of likely N-dealkylation sites (tertiary alicyclic amines) is 1. The summed E-state index contributed by atoms with van der Waals surface area (Å²) in [4.78, 5) is 6.92. The van der Waals surface area contributed by atoms with Crippen LogP contribution in [0.15, 0.2) is 17.4 Å². The smallest absolute Gasteiger partial charge is 0.193 e. The van der Waals surface area contributed by atoms with Crippen LogP contribution >= 0.6 is 24.0 Å². The zero-order chi connectivity index (χ0) is 14.7. The van der Waals surface area contributed by atoms with Gasteiger partial charge in [0, 0.05) is 45.5 Å². The van der Waals surface area contributed by atoms with Crippen molar-refractivity contribution in [3.8, 4) is 0 Å². The molecule has 1 aliphatic heterocycles. The second kappa shape index (κ2) is 7.66. The van der Waals surface area contributed by atoms with Gasteiger partial charge in [0.15, 0.2) is 5.96 Å². The van der Waals surface area contributed by atoms with Gasteiger partial charge in [-0.05, 0) is 24.7 Å². The molecule has 1 spiro atoms. The molecule has 3 rings (SSSR count). The fraction of sp³-hybridized carbons (Fsp3) is 0.750. The fourth-order valence-electron chi connectivity index (χ4n) is 3.90. The standard InChI is InChI=1S/C16H27N5.HI/c1-17-15(18-10-14-11-19-20(2)12-14)21-9-8-16(13-21)6-4-3-5-7-16;/h11-12H,3-10,13H2,1-2H3,(H,17,18);1H. The largest absolute Gasteiger partial charge is 0.352 e. The molecule has 2 aliphatic rings. The molecule has 1 aromatic heterocycles. The Labute approximate surface area is 150 Å². The summed E-state index contributed by atoms with van der Waals surface area (Å²) in [5.74, 6) is 1.04. The van der Waals surface area contributed by atoms with Crippen molar-refractivity contribution < 1.29 is 0 Å². The van der Waals surface area contributed by atoms with E-state index >= 15 is 0 Å². The van der Waals surface area contributed by atoms with Crippen LogP contribution in [0.1, 0.15) is 44.1 Å². The van der Waals surface area contributed by atoms with Gasteiger partial charge in [0.05, 0.1) is 6.20 Å². The average molecular weight is 417 g/mol. The highest BCUT2D eigenvalue weighted by molar-refractivity contribution is 14.0. The zero-order valence-corrected chi connectivity index (χ0v) is 16.0. The van der Waals surface area contributed by atoms with Gasteiger partial charge < -0.3 is 10.2 Å². The van der Waals surface area contributed by atoms with Crippen molar-refractivity contribution in [2.75, 3.05) is 20.1 Å². The predicted molar refractivity (Wildman–Crippen MR) is 101 cm³/mol. The third kappa shape index (κ3) is 3.94. The Balaban J connectivity index is 0.00000176. The number of guanidine groups is 1. The number of aryl methyl sites for hydroxylation is 1. The van der Waals surface area contributed by atoms with E-state index in [1.807, 2.05) is 31.2 Å². The zero-order valence-electron chi connectivity index (χ0n) is 13.7. The van der Waals surface area contributed by atoms with Crippen molar-refractivity contribution in [3.05, 3.63) is 18.0 Å². The van der Waals surface area contributed by atoms with Crippen LogP contribution in [0, 0.1) is 5.41 Å². The summed E-state index contributed by atoms with van der Waals surface area (Å²) in [7, 11) is 3.84. The lowest BCUT2D eigenvalue weighted by Gasteiger charge is -2.33. The molecule has 0 unspecified atom stereocenters. The molecular weight excluding hydrogens is 389 g/mol. The molecule has 0 bridgehead atoms. The van der Waals surface area contributed by atoms with E-state index in [1.165, 1.54) is 50.6 Å². The van der Waals surface area contributed by atoms with Gasteiger partial charge in [0.2, 0.25) is 0 Å². The van der Waals surface area contributed by atoms with E-state index in [2.05, 4.69) is 20.3 Å². The summed E-state index contributed by atoms with van der Waals surface area (Å²) < 4.78 is 1.84. The average Bonchev–Trinajstić information content (AvgIpc) is 3.08. The van der Waals surface area contributed by atoms with Gasteiger partial charge in [-0.1, -0.05) is 19.3 Å². The third-order valence-corrected chi connectivity index (χ3v) is 5.07. The lowest BCUT2D eigenvalue weighted by atomic mass is 9.73. The van der Waals surface area contributed by atoms with Gasteiger partial charge >= 0.3 is 0 Å². The first-order chi connectivity index (χ1) is 10.2. The minimum atomic E-state index is 0.